The van der Waals surface area contributed by atoms with Crippen LogP contribution in [0.25, 0.3) is 38.6 Å². The van der Waals surface area contributed by atoms with Crippen molar-refractivity contribution in [1.29, 1.82) is 0 Å². The molecule has 0 radical (unpaired) electrons. The van der Waals surface area contributed by atoms with Crippen LogP contribution in [-0.4, -0.2) is 4.57 Å². The Morgan fingerprint density at radius 1 is 0.436 bits per heavy atom. The number of rotatable bonds is 5. The van der Waals surface area contributed by atoms with E-state index in [2.05, 4.69) is 149 Å². The van der Waals surface area contributed by atoms with Crippen LogP contribution < -0.4 is 4.90 Å². The molecule has 186 valence electrons. The molecule has 1 aromatic heterocycles. The molecule has 0 aliphatic heterocycles. The molecule has 7 rings (SSSR count). The number of aromatic nitrogens is 1. The van der Waals surface area contributed by atoms with E-state index in [0.717, 1.165) is 38.9 Å². The lowest BCUT2D eigenvalue weighted by molar-refractivity contribution is 1.18. The summed E-state index contributed by atoms with van der Waals surface area (Å²) in [6, 6.07) is 53.3. The fourth-order valence-electron chi connectivity index (χ4n) is 5.44. The van der Waals surface area contributed by atoms with Gasteiger partial charge >= 0.3 is 0 Å². The molecular formula is C36H25ClN2. The first kappa shape index (κ1) is 23.3. The summed E-state index contributed by atoms with van der Waals surface area (Å²) in [6.07, 6.45) is 0. The number of halogens is 1. The first-order chi connectivity index (χ1) is 19.3. The Morgan fingerprint density at radius 3 is 1.87 bits per heavy atom. The predicted molar refractivity (Wildman–Crippen MR) is 166 cm³/mol. The molecule has 6 aromatic carbocycles. The average Bonchev–Trinajstić information content (AvgIpc) is 3.33. The molecule has 7 aromatic rings. The summed E-state index contributed by atoms with van der Waals surface area (Å²) < 4.78 is 2.36. The second-order valence-corrected chi connectivity index (χ2v) is 10.1. The maximum atomic E-state index is 6.16. The van der Waals surface area contributed by atoms with Gasteiger partial charge in [-0.1, -0.05) is 96.5 Å². The fourth-order valence-corrected chi connectivity index (χ4v) is 5.57. The van der Waals surface area contributed by atoms with Crippen molar-refractivity contribution in [2.45, 2.75) is 0 Å². The second-order valence-electron chi connectivity index (χ2n) is 9.62. The lowest BCUT2D eigenvalue weighted by Gasteiger charge is -2.26. The predicted octanol–water partition coefficient (Wildman–Crippen LogP) is 10.6. The number of nitrogens with zero attached hydrogens (tertiary/aromatic N) is 2. The van der Waals surface area contributed by atoms with Crippen molar-refractivity contribution in [3.63, 3.8) is 0 Å². The summed E-state index contributed by atoms with van der Waals surface area (Å²) in [5.41, 5.74) is 9.10. The summed E-state index contributed by atoms with van der Waals surface area (Å²) in [5.74, 6) is 0. The number of hydrogen-bond donors (Lipinski definition) is 0. The molecule has 0 unspecified atom stereocenters. The third kappa shape index (κ3) is 4.25. The van der Waals surface area contributed by atoms with E-state index >= 15 is 0 Å². The number of fused-ring (bicyclic) bond motifs is 3. The molecule has 0 saturated heterocycles. The molecule has 39 heavy (non-hydrogen) atoms. The maximum absolute atomic E-state index is 6.16. The maximum Gasteiger partial charge on any atom is 0.0561 e. The molecule has 0 atom stereocenters. The van der Waals surface area contributed by atoms with Gasteiger partial charge in [0.15, 0.2) is 0 Å². The lowest BCUT2D eigenvalue weighted by Crippen LogP contribution is -2.10. The topological polar surface area (TPSA) is 8.17 Å². The average molecular weight is 521 g/mol. The van der Waals surface area contributed by atoms with Crippen LogP contribution in [0.4, 0.5) is 17.1 Å². The zero-order valence-corrected chi connectivity index (χ0v) is 22.0. The normalized spacial score (nSPS) is 11.2. The van der Waals surface area contributed by atoms with Crippen molar-refractivity contribution in [2.24, 2.45) is 0 Å². The van der Waals surface area contributed by atoms with Crippen molar-refractivity contribution in [3.05, 3.63) is 157 Å². The lowest BCUT2D eigenvalue weighted by atomic mass is 10.0. The van der Waals surface area contributed by atoms with Gasteiger partial charge < -0.3 is 9.47 Å². The van der Waals surface area contributed by atoms with Crippen LogP contribution in [0.5, 0.6) is 0 Å². The number of anilines is 3. The van der Waals surface area contributed by atoms with Gasteiger partial charge in [0.1, 0.15) is 0 Å². The van der Waals surface area contributed by atoms with E-state index in [4.69, 9.17) is 11.6 Å². The van der Waals surface area contributed by atoms with E-state index in [1.165, 1.54) is 21.8 Å². The van der Waals surface area contributed by atoms with E-state index in [0.29, 0.717) is 0 Å². The molecule has 3 heteroatoms. The number of benzene rings is 6. The minimum Gasteiger partial charge on any atom is -0.310 e. The highest BCUT2D eigenvalue weighted by Gasteiger charge is 2.17. The largest absolute Gasteiger partial charge is 0.310 e. The van der Waals surface area contributed by atoms with Crippen LogP contribution in [-0.2, 0) is 0 Å². The van der Waals surface area contributed by atoms with E-state index in [1.807, 2.05) is 12.1 Å². The summed E-state index contributed by atoms with van der Waals surface area (Å²) in [4.78, 5) is 2.33. The first-order valence-corrected chi connectivity index (χ1v) is 13.4. The van der Waals surface area contributed by atoms with Crippen LogP contribution in [0.1, 0.15) is 0 Å². The standard InChI is InChI=1S/C36H25ClN2/c37-28-20-18-26(19-21-28)27-10-9-15-31(24-27)38(29-11-3-1-4-12-29)32-22-23-34-33-16-7-8-17-35(33)39(36(34)25-32)30-13-5-2-6-14-30/h1-25H. The molecule has 0 bridgehead atoms. The highest BCUT2D eigenvalue weighted by atomic mass is 35.5. The van der Waals surface area contributed by atoms with Gasteiger partial charge in [0.2, 0.25) is 0 Å². The Balaban J connectivity index is 1.45. The molecule has 0 fully saturated rings. The van der Waals surface area contributed by atoms with Crippen molar-refractivity contribution in [3.8, 4) is 16.8 Å². The van der Waals surface area contributed by atoms with Gasteiger partial charge in [-0.25, -0.2) is 0 Å². The quantitative estimate of drug-likeness (QED) is 0.219. The number of hydrogen-bond acceptors (Lipinski definition) is 1. The summed E-state index contributed by atoms with van der Waals surface area (Å²) >= 11 is 6.16. The molecule has 0 N–H and O–H groups in total. The number of para-hydroxylation sites is 3. The Kier molecular flexibility index (Phi) is 5.88. The monoisotopic (exact) mass is 520 g/mol. The zero-order valence-electron chi connectivity index (χ0n) is 21.2. The Morgan fingerprint density at radius 2 is 1.08 bits per heavy atom. The van der Waals surface area contributed by atoms with Crippen molar-refractivity contribution in [1.82, 2.24) is 4.57 Å². The highest BCUT2D eigenvalue weighted by molar-refractivity contribution is 6.30. The first-order valence-electron chi connectivity index (χ1n) is 13.1. The van der Waals surface area contributed by atoms with Crippen molar-refractivity contribution < 1.29 is 0 Å². The van der Waals surface area contributed by atoms with E-state index < -0.39 is 0 Å². The van der Waals surface area contributed by atoms with Gasteiger partial charge in [0.25, 0.3) is 0 Å². The molecular weight excluding hydrogens is 496 g/mol. The van der Waals surface area contributed by atoms with E-state index in [9.17, 15) is 0 Å². The van der Waals surface area contributed by atoms with Crippen molar-refractivity contribution >= 4 is 50.5 Å². The highest BCUT2D eigenvalue weighted by Crippen LogP contribution is 2.40. The smallest absolute Gasteiger partial charge is 0.0561 e. The van der Waals surface area contributed by atoms with Gasteiger partial charge in [-0.05, 0) is 77.9 Å². The van der Waals surface area contributed by atoms with Gasteiger partial charge in [-0.3, -0.25) is 0 Å². The SMILES string of the molecule is Clc1ccc(-c2cccc(N(c3ccccc3)c3ccc4c5ccccc5n(-c5ccccc5)c4c3)c2)cc1. The third-order valence-electron chi connectivity index (χ3n) is 7.23. The van der Waals surface area contributed by atoms with Crippen LogP contribution in [0, 0.1) is 0 Å². The third-order valence-corrected chi connectivity index (χ3v) is 7.48. The Hall–Kier alpha value is -4.79. The molecule has 0 aliphatic carbocycles. The van der Waals surface area contributed by atoms with E-state index in [-0.39, 0.29) is 0 Å². The van der Waals surface area contributed by atoms with Crippen LogP contribution in [0.3, 0.4) is 0 Å². The van der Waals surface area contributed by atoms with Gasteiger partial charge in [-0.2, -0.15) is 0 Å². The van der Waals surface area contributed by atoms with Crippen LogP contribution >= 0.6 is 11.6 Å². The summed E-state index contributed by atoms with van der Waals surface area (Å²) in [6.45, 7) is 0. The summed E-state index contributed by atoms with van der Waals surface area (Å²) in [5, 5.41) is 3.22. The minimum absolute atomic E-state index is 0.739. The van der Waals surface area contributed by atoms with Crippen LogP contribution in [0.15, 0.2) is 152 Å². The molecule has 0 saturated carbocycles. The van der Waals surface area contributed by atoms with Gasteiger partial charge in [0.05, 0.1) is 11.0 Å². The Labute approximate surface area is 233 Å². The molecule has 2 nitrogen and oxygen atoms in total. The van der Waals surface area contributed by atoms with Gasteiger partial charge in [-0.15, -0.1) is 0 Å². The zero-order chi connectivity index (χ0) is 26.2. The van der Waals surface area contributed by atoms with Crippen molar-refractivity contribution in [2.75, 3.05) is 4.90 Å². The summed E-state index contributed by atoms with van der Waals surface area (Å²) in [7, 11) is 0. The molecule has 0 amide bonds. The van der Waals surface area contributed by atoms with Gasteiger partial charge in [0, 0.05) is 38.5 Å². The molecule has 0 aliphatic rings. The molecule has 0 spiro atoms. The Bertz CT molecular complexity index is 1910. The van der Waals surface area contributed by atoms with E-state index in [1.54, 1.807) is 0 Å². The molecule has 1 heterocycles. The fraction of sp³-hybridized carbons (Fsp3) is 0. The second kappa shape index (κ2) is 9.83. The van der Waals surface area contributed by atoms with Crippen LogP contribution in [0.2, 0.25) is 5.02 Å². The minimum atomic E-state index is 0.739.